The Bertz CT molecular complexity index is 1470. The van der Waals surface area contributed by atoms with Gasteiger partial charge in [-0.05, 0) is 43.7 Å². The van der Waals surface area contributed by atoms with Crippen molar-refractivity contribution in [3.8, 4) is 23.3 Å². The second-order valence-electron chi connectivity index (χ2n) is 8.40. The zero-order valence-electron chi connectivity index (χ0n) is 18.6. The number of aromatic amines is 1. The Hall–Kier alpha value is -4.07. The third-order valence-electron chi connectivity index (χ3n) is 5.74. The predicted octanol–water partition coefficient (Wildman–Crippen LogP) is 2.19. The van der Waals surface area contributed by atoms with Crippen molar-refractivity contribution >= 4 is 17.3 Å². The number of carbonyl (C=O) groups is 1. The van der Waals surface area contributed by atoms with E-state index in [2.05, 4.69) is 21.8 Å². The number of hydrogen-bond donors (Lipinski definition) is 1. The number of benzene rings is 1. The predicted molar refractivity (Wildman–Crippen MR) is 120 cm³/mol. The first-order valence-electron chi connectivity index (χ1n) is 10.9. The van der Waals surface area contributed by atoms with Gasteiger partial charge in [-0.3, -0.25) is 18.8 Å². The number of aromatic nitrogens is 4. The summed E-state index contributed by atoms with van der Waals surface area (Å²) in [5.74, 6) is 5.50. The number of amides is 1. The van der Waals surface area contributed by atoms with Crippen LogP contribution in [0.2, 0.25) is 0 Å². The van der Waals surface area contributed by atoms with E-state index in [9.17, 15) is 18.8 Å². The second-order valence-corrected chi connectivity index (χ2v) is 8.40. The number of nitrogens with zero attached hydrogens (tertiary/aromatic N) is 4. The minimum absolute atomic E-state index is 0.00112. The van der Waals surface area contributed by atoms with Crippen molar-refractivity contribution < 1.29 is 18.7 Å². The Morgan fingerprint density at radius 3 is 2.59 bits per heavy atom. The van der Waals surface area contributed by atoms with Crippen molar-refractivity contribution in [2.24, 2.45) is 0 Å². The lowest BCUT2D eigenvalue weighted by atomic mass is 10.3. The van der Waals surface area contributed by atoms with Gasteiger partial charge >= 0.3 is 11.8 Å². The van der Waals surface area contributed by atoms with Gasteiger partial charge in [-0.1, -0.05) is 5.92 Å². The Labute approximate surface area is 192 Å². The van der Waals surface area contributed by atoms with Crippen LogP contribution in [0.5, 0.6) is 11.5 Å². The number of rotatable bonds is 5. The number of hydrogen-bond acceptors (Lipinski definition) is 6. The highest BCUT2D eigenvalue weighted by Gasteiger charge is 2.34. The molecule has 2 saturated carbocycles. The smallest absolute Gasteiger partial charge is 0.415 e. The van der Waals surface area contributed by atoms with Crippen LogP contribution < -0.4 is 20.7 Å². The van der Waals surface area contributed by atoms with Crippen LogP contribution in [-0.2, 0) is 0 Å². The van der Waals surface area contributed by atoms with Crippen molar-refractivity contribution in [2.75, 3.05) is 20.7 Å². The zero-order valence-corrected chi connectivity index (χ0v) is 18.6. The van der Waals surface area contributed by atoms with E-state index < -0.39 is 11.9 Å². The first kappa shape index (κ1) is 21.8. The third-order valence-corrected chi connectivity index (χ3v) is 5.74. The van der Waals surface area contributed by atoms with E-state index in [4.69, 9.17) is 9.47 Å². The van der Waals surface area contributed by atoms with Crippen LogP contribution in [0.3, 0.4) is 0 Å². The van der Waals surface area contributed by atoms with Gasteiger partial charge in [0.1, 0.15) is 5.82 Å². The van der Waals surface area contributed by atoms with Crippen molar-refractivity contribution in [1.82, 2.24) is 24.0 Å². The molecule has 11 heteroatoms. The molecule has 34 heavy (non-hydrogen) atoms. The summed E-state index contributed by atoms with van der Waals surface area (Å²) >= 11 is 0. The number of methoxy groups -OCH3 is 1. The third kappa shape index (κ3) is 4.03. The number of carbonyl (C=O) groups excluding carboxylic acids is 1. The molecule has 5 rings (SSSR count). The molecule has 0 atom stereocenters. The van der Waals surface area contributed by atoms with Gasteiger partial charge in [0.05, 0.1) is 13.7 Å². The number of H-pyrrole nitrogens is 1. The van der Waals surface area contributed by atoms with Crippen LogP contribution in [0.25, 0.3) is 11.2 Å². The maximum absolute atomic E-state index is 13.3. The Morgan fingerprint density at radius 1 is 1.21 bits per heavy atom. The Kier molecular flexibility index (Phi) is 5.36. The van der Waals surface area contributed by atoms with E-state index in [0.717, 1.165) is 37.8 Å². The normalized spacial score (nSPS) is 15.0. The van der Waals surface area contributed by atoms with Crippen LogP contribution in [0.4, 0.5) is 9.18 Å². The monoisotopic (exact) mass is 467 g/mol. The van der Waals surface area contributed by atoms with Gasteiger partial charge < -0.3 is 14.5 Å². The molecule has 0 aliphatic heterocycles. The molecule has 3 aromatic rings. The van der Waals surface area contributed by atoms with Crippen molar-refractivity contribution in [1.29, 1.82) is 0 Å². The molecule has 10 nitrogen and oxygen atoms in total. The summed E-state index contributed by atoms with van der Waals surface area (Å²) in [5, 5.41) is 0. The summed E-state index contributed by atoms with van der Waals surface area (Å²) in [4.78, 5) is 46.7. The SMILES string of the molecule is COc1cc(F)ccc1OC(=O)N(C)CC#Cc1nc2c([nH]1)c(=O)n(C1CC1)c(=O)n2C1CC1. The Balaban J connectivity index is 1.35. The standard InChI is InChI=1S/C23H22FN5O5/c1-27(23(32)34-16-10-5-13(24)12-17(16)33-2)11-3-4-18-25-19-20(26-18)28(14-6-7-14)22(31)29(21(19)30)15-8-9-15/h5,10,12,14-15H,6-9,11H2,1-2H3,(H,25,26). The molecule has 2 fully saturated rings. The van der Waals surface area contributed by atoms with Crippen molar-refractivity contribution in [3.05, 3.63) is 50.7 Å². The average Bonchev–Trinajstić information content (AvgIpc) is 3.74. The summed E-state index contributed by atoms with van der Waals surface area (Å²) in [6.45, 7) is 0.00112. The topological polar surface area (TPSA) is 111 Å². The lowest BCUT2D eigenvalue weighted by molar-refractivity contribution is 0.166. The molecule has 2 aliphatic carbocycles. The summed E-state index contributed by atoms with van der Waals surface area (Å²) in [6, 6.07) is 3.57. The average molecular weight is 467 g/mol. The fraction of sp³-hybridized carbons (Fsp3) is 0.391. The minimum Gasteiger partial charge on any atom is -0.493 e. The highest BCUT2D eigenvalue weighted by Crippen LogP contribution is 2.36. The van der Waals surface area contributed by atoms with Gasteiger partial charge in [-0.2, -0.15) is 0 Å². The van der Waals surface area contributed by atoms with Gasteiger partial charge in [0.15, 0.2) is 28.5 Å². The molecule has 0 saturated heterocycles. The van der Waals surface area contributed by atoms with Gasteiger partial charge in [-0.15, -0.1) is 0 Å². The highest BCUT2D eigenvalue weighted by atomic mass is 19.1. The molecule has 1 aromatic carbocycles. The lowest BCUT2D eigenvalue weighted by Crippen LogP contribution is -2.39. The van der Waals surface area contributed by atoms with Crippen LogP contribution in [0.15, 0.2) is 27.8 Å². The van der Waals surface area contributed by atoms with Crippen molar-refractivity contribution in [2.45, 2.75) is 37.8 Å². The molecule has 2 aliphatic rings. The van der Waals surface area contributed by atoms with E-state index in [1.165, 1.54) is 29.7 Å². The largest absolute Gasteiger partial charge is 0.493 e. The maximum Gasteiger partial charge on any atom is 0.415 e. The first-order valence-corrected chi connectivity index (χ1v) is 10.9. The molecule has 0 spiro atoms. The molecule has 176 valence electrons. The van der Waals surface area contributed by atoms with Gasteiger partial charge in [-0.25, -0.2) is 19.0 Å². The van der Waals surface area contributed by atoms with Crippen LogP contribution in [0.1, 0.15) is 43.6 Å². The quantitative estimate of drug-likeness (QED) is 0.576. The van der Waals surface area contributed by atoms with E-state index in [1.807, 2.05) is 0 Å². The molecule has 0 bridgehead atoms. The fourth-order valence-corrected chi connectivity index (χ4v) is 3.68. The Morgan fingerprint density at radius 2 is 1.91 bits per heavy atom. The molecule has 0 radical (unpaired) electrons. The van der Waals surface area contributed by atoms with Gasteiger partial charge in [0.2, 0.25) is 0 Å². The lowest BCUT2D eigenvalue weighted by Gasteiger charge is -2.15. The summed E-state index contributed by atoms with van der Waals surface area (Å²) in [7, 11) is 2.83. The number of halogens is 1. The number of imidazole rings is 1. The molecule has 2 aromatic heterocycles. The summed E-state index contributed by atoms with van der Waals surface area (Å²) < 4.78 is 26.5. The van der Waals surface area contributed by atoms with Crippen LogP contribution >= 0.6 is 0 Å². The molecule has 0 unspecified atom stereocenters. The number of ether oxygens (including phenoxy) is 2. The molecular weight excluding hydrogens is 445 g/mol. The van der Waals surface area contributed by atoms with Crippen molar-refractivity contribution in [3.63, 3.8) is 0 Å². The van der Waals surface area contributed by atoms with Crippen LogP contribution in [-0.4, -0.2) is 50.8 Å². The highest BCUT2D eigenvalue weighted by molar-refractivity contribution is 5.72. The van der Waals surface area contributed by atoms with Gasteiger partial charge in [0.25, 0.3) is 5.56 Å². The molecular formula is C23H22FN5O5. The van der Waals surface area contributed by atoms with E-state index in [-0.39, 0.29) is 52.7 Å². The summed E-state index contributed by atoms with van der Waals surface area (Å²) in [6.07, 6.45) is 2.67. The molecule has 1 N–H and O–H groups in total. The van der Waals surface area contributed by atoms with Crippen LogP contribution in [0, 0.1) is 17.7 Å². The minimum atomic E-state index is -0.710. The molecule has 1 amide bonds. The van der Waals surface area contributed by atoms with E-state index >= 15 is 0 Å². The molecule has 2 heterocycles. The number of fused-ring (bicyclic) bond motifs is 1. The zero-order chi connectivity index (χ0) is 24.0. The number of nitrogens with one attached hydrogen (secondary N) is 1. The second kappa shape index (κ2) is 8.37. The van der Waals surface area contributed by atoms with E-state index in [1.54, 1.807) is 4.57 Å². The van der Waals surface area contributed by atoms with Gasteiger partial charge in [0, 0.05) is 25.2 Å². The van der Waals surface area contributed by atoms with E-state index in [0.29, 0.717) is 5.65 Å². The maximum atomic E-state index is 13.3. The summed E-state index contributed by atoms with van der Waals surface area (Å²) in [5.41, 5.74) is -0.116. The fourth-order valence-electron chi connectivity index (χ4n) is 3.68. The first-order chi connectivity index (χ1) is 16.4.